The van der Waals surface area contributed by atoms with Gasteiger partial charge in [0.2, 0.25) is 5.89 Å². The fourth-order valence-electron chi connectivity index (χ4n) is 2.37. The summed E-state index contributed by atoms with van der Waals surface area (Å²) in [4.78, 5) is 16.5. The van der Waals surface area contributed by atoms with Crippen LogP contribution in [0.25, 0.3) is 11.3 Å². The van der Waals surface area contributed by atoms with Crippen LogP contribution in [0.15, 0.2) is 39.7 Å². The highest BCUT2D eigenvalue weighted by Crippen LogP contribution is 2.21. The van der Waals surface area contributed by atoms with E-state index >= 15 is 0 Å². The largest absolute Gasteiger partial charge is 0.439 e. The van der Waals surface area contributed by atoms with Crippen molar-refractivity contribution >= 4 is 0 Å². The van der Waals surface area contributed by atoms with Crippen molar-refractivity contribution in [2.24, 2.45) is 0 Å². The number of aromatic nitrogens is 3. The molecule has 0 saturated heterocycles. The highest BCUT2D eigenvalue weighted by atomic mass is 16.4. The molecule has 0 unspecified atom stereocenters. The van der Waals surface area contributed by atoms with E-state index < -0.39 is 5.56 Å². The van der Waals surface area contributed by atoms with Gasteiger partial charge < -0.3 is 4.42 Å². The molecule has 2 aromatic heterocycles. The summed E-state index contributed by atoms with van der Waals surface area (Å²) in [6, 6.07) is 9.83. The number of benzene rings is 1. The van der Waals surface area contributed by atoms with Crippen LogP contribution in [0, 0.1) is 32.1 Å². The number of nitrogens with zero attached hydrogens (tertiary/aromatic N) is 4. The van der Waals surface area contributed by atoms with Crippen LogP contribution >= 0.6 is 0 Å². The van der Waals surface area contributed by atoms with E-state index in [4.69, 9.17) is 9.68 Å². The minimum absolute atomic E-state index is 0.0838. The Labute approximate surface area is 139 Å². The van der Waals surface area contributed by atoms with Gasteiger partial charge in [-0.2, -0.15) is 10.4 Å². The SMILES string of the molecule is Cc1ccc(-c2cnc(Cn3nc(C)c(C)c(C#N)c3=O)o2)cc1. The normalized spacial score (nSPS) is 10.6. The molecule has 3 aromatic rings. The second kappa shape index (κ2) is 6.13. The second-order valence-corrected chi connectivity index (χ2v) is 5.64. The molecule has 1 aromatic carbocycles. The van der Waals surface area contributed by atoms with Crippen molar-refractivity contribution in [3.05, 3.63) is 69.1 Å². The van der Waals surface area contributed by atoms with E-state index in [-0.39, 0.29) is 12.1 Å². The predicted octanol–water partition coefficient (Wildman–Crippen LogP) is 2.74. The van der Waals surface area contributed by atoms with Crippen molar-refractivity contribution in [3.8, 4) is 17.4 Å². The van der Waals surface area contributed by atoms with Crippen LogP contribution in [-0.2, 0) is 6.54 Å². The van der Waals surface area contributed by atoms with E-state index in [2.05, 4.69) is 10.1 Å². The summed E-state index contributed by atoms with van der Waals surface area (Å²) in [7, 11) is 0. The summed E-state index contributed by atoms with van der Waals surface area (Å²) in [5.41, 5.74) is 2.98. The Hall–Kier alpha value is -3.20. The molecule has 0 bridgehead atoms. The van der Waals surface area contributed by atoms with Gasteiger partial charge in [0.15, 0.2) is 5.76 Å². The molecule has 120 valence electrons. The Morgan fingerprint density at radius 2 is 1.92 bits per heavy atom. The van der Waals surface area contributed by atoms with Crippen molar-refractivity contribution < 1.29 is 4.42 Å². The summed E-state index contributed by atoms with van der Waals surface area (Å²) < 4.78 is 6.93. The topological polar surface area (TPSA) is 84.7 Å². The van der Waals surface area contributed by atoms with Crippen LogP contribution in [0.2, 0.25) is 0 Å². The molecule has 2 heterocycles. The van der Waals surface area contributed by atoms with Crippen molar-refractivity contribution in [2.45, 2.75) is 27.3 Å². The van der Waals surface area contributed by atoms with Crippen LogP contribution in [0.4, 0.5) is 0 Å². The maximum atomic E-state index is 12.3. The first kappa shape index (κ1) is 15.7. The average Bonchev–Trinajstić information content (AvgIpc) is 3.02. The van der Waals surface area contributed by atoms with Crippen molar-refractivity contribution in [1.29, 1.82) is 5.26 Å². The van der Waals surface area contributed by atoms with Gasteiger partial charge in [-0.25, -0.2) is 9.67 Å². The lowest BCUT2D eigenvalue weighted by molar-refractivity contribution is 0.463. The third-order valence-corrected chi connectivity index (χ3v) is 3.92. The van der Waals surface area contributed by atoms with Crippen LogP contribution in [-0.4, -0.2) is 14.8 Å². The molecular weight excluding hydrogens is 304 g/mol. The lowest BCUT2D eigenvalue weighted by atomic mass is 10.1. The van der Waals surface area contributed by atoms with Gasteiger partial charge >= 0.3 is 0 Å². The molecule has 24 heavy (non-hydrogen) atoms. The first-order valence-corrected chi connectivity index (χ1v) is 7.49. The fourth-order valence-corrected chi connectivity index (χ4v) is 2.37. The number of hydrogen-bond acceptors (Lipinski definition) is 5. The highest BCUT2D eigenvalue weighted by Gasteiger charge is 2.14. The minimum atomic E-state index is -0.435. The molecule has 0 fully saturated rings. The van der Waals surface area contributed by atoms with Gasteiger partial charge in [-0.05, 0) is 26.3 Å². The molecule has 6 nitrogen and oxygen atoms in total. The summed E-state index contributed by atoms with van der Waals surface area (Å²) in [5, 5.41) is 13.4. The third kappa shape index (κ3) is 2.84. The zero-order valence-corrected chi connectivity index (χ0v) is 13.7. The Kier molecular flexibility index (Phi) is 4.00. The van der Waals surface area contributed by atoms with E-state index in [1.807, 2.05) is 37.3 Å². The zero-order valence-electron chi connectivity index (χ0n) is 13.7. The first-order valence-electron chi connectivity index (χ1n) is 7.49. The van der Waals surface area contributed by atoms with Crippen LogP contribution in [0.1, 0.15) is 28.3 Å². The van der Waals surface area contributed by atoms with Gasteiger partial charge in [0, 0.05) is 5.56 Å². The second-order valence-electron chi connectivity index (χ2n) is 5.64. The van der Waals surface area contributed by atoms with Gasteiger partial charge in [0.05, 0.1) is 11.9 Å². The third-order valence-electron chi connectivity index (χ3n) is 3.92. The molecule has 0 aliphatic heterocycles. The molecule has 0 aliphatic carbocycles. The molecule has 0 spiro atoms. The lowest BCUT2D eigenvalue weighted by Crippen LogP contribution is -2.28. The summed E-state index contributed by atoms with van der Waals surface area (Å²) >= 11 is 0. The quantitative estimate of drug-likeness (QED) is 0.741. The average molecular weight is 320 g/mol. The monoisotopic (exact) mass is 320 g/mol. The molecule has 0 aliphatic rings. The Balaban J connectivity index is 1.94. The maximum Gasteiger partial charge on any atom is 0.285 e. The van der Waals surface area contributed by atoms with Crippen LogP contribution in [0.3, 0.4) is 0 Å². The number of nitriles is 1. The Morgan fingerprint density at radius 1 is 1.21 bits per heavy atom. The van der Waals surface area contributed by atoms with Gasteiger partial charge in [-0.3, -0.25) is 4.79 Å². The zero-order chi connectivity index (χ0) is 17.3. The van der Waals surface area contributed by atoms with E-state index in [0.717, 1.165) is 11.1 Å². The van der Waals surface area contributed by atoms with Crippen molar-refractivity contribution in [2.75, 3.05) is 0 Å². The van der Waals surface area contributed by atoms with Crippen molar-refractivity contribution in [1.82, 2.24) is 14.8 Å². The smallest absolute Gasteiger partial charge is 0.285 e. The van der Waals surface area contributed by atoms with Crippen LogP contribution < -0.4 is 5.56 Å². The van der Waals surface area contributed by atoms with Crippen LogP contribution in [0.5, 0.6) is 0 Å². The molecular formula is C18H16N4O2. The van der Waals surface area contributed by atoms with E-state index in [9.17, 15) is 4.79 Å². The van der Waals surface area contributed by atoms with Gasteiger partial charge in [0.1, 0.15) is 18.2 Å². The predicted molar refractivity (Wildman–Crippen MR) is 88.5 cm³/mol. The Morgan fingerprint density at radius 3 is 2.58 bits per heavy atom. The van der Waals surface area contributed by atoms with Gasteiger partial charge in [-0.1, -0.05) is 29.8 Å². The molecule has 0 radical (unpaired) electrons. The number of hydrogen-bond donors (Lipinski definition) is 0. The molecule has 0 atom stereocenters. The number of rotatable bonds is 3. The number of oxazole rings is 1. The minimum Gasteiger partial charge on any atom is -0.439 e. The summed E-state index contributed by atoms with van der Waals surface area (Å²) in [6.45, 7) is 5.58. The molecule has 3 rings (SSSR count). The molecule has 0 amide bonds. The van der Waals surface area contributed by atoms with Crippen molar-refractivity contribution in [3.63, 3.8) is 0 Å². The standard InChI is InChI=1S/C18H16N4O2/c1-11-4-6-14(7-5-11)16-9-20-17(24-16)10-22-18(23)15(8-19)12(2)13(3)21-22/h4-7,9H,10H2,1-3H3. The summed E-state index contributed by atoms with van der Waals surface area (Å²) in [6.07, 6.45) is 1.62. The molecule has 6 heteroatoms. The fraction of sp³-hybridized carbons (Fsp3) is 0.222. The molecule has 0 N–H and O–H groups in total. The van der Waals surface area contributed by atoms with E-state index in [1.54, 1.807) is 20.0 Å². The number of aryl methyl sites for hydroxylation is 2. The highest BCUT2D eigenvalue weighted by molar-refractivity contribution is 5.56. The van der Waals surface area contributed by atoms with E-state index in [1.165, 1.54) is 4.68 Å². The molecule has 0 saturated carbocycles. The first-order chi connectivity index (χ1) is 11.5. The Bertz CT molecular complexity index is 991. The maximum absolute atomic E-state index is 12.3. The lowest BCUT2D eigenvalue weighted by Gasteiger charge is -2.07. The van der Waals surface area contributed by atoms with Gasteiger partial charge in [-0.15, -0.1) is 0 Å². The van der Waals surface area contributed by atoms with E-state index in [0.29, 0.717) is 22.9 Å². The summed E-state index contributed by atoms with van der Waals surface area (Å²) in [5.74, 6) is 0.995. The van der Waals surface area contributed by atoms with Gasteiger partial charge in [0.25, 0.3) is 5.56 Å².